The second-order valence-corrected chi connectivity index (χ2v) is 6.05. The van der Waals surface area contributed by atoms with Crippen molar-refractivity contribution >= 4 is 17.2 Å². The molecule has 0 spiro atoms. The van der Waals surface area contributed by atoms with Crippen molar-refractivity contribution < 1.29 is 4.79 Å². The molecule has 0 aliphatic heterocycles. The number of thiophene rings is 1. The lowest BCUT2D eigenvalue weighted by atomic mass is 9.78. The number of hydrogen-bond acceptors (Lipinski definition) is 3. The second-order valence-electron chi connectivity index (χ2n) is 5.00. The molecule has 0 saturated heterocycles. The van der Waals surface area contributed by atoms with E-state index >= 15 is 0 Å². The van der Waals surface area contributed by atoms with Crippen molar-refractivity contribution in [3.63, 3.8) is 0 Å². The summed E-state index contributed by atoms with van der Waals surface area (Å²) in [6, 6.07) is 1.91. The summed E-state index contributed by atoms with van der Waals surface area (Å²) in [7, 11) is 0. The van der Waals surface area contributed by atoms with E-state index in [0.29, 0.717) is 6.54 Å². The number of carbonyl (C=O) groups excluding carboxylic acids is 1. The predicted molar refractivity (Wildman–Crippen MR) is 74.7 cm³/mol. The van der Waals surface area contributed by atoms with E-state index < -0.39 is 0 Å². The third-order valence-corrected chi connectivity index (χ3v) is 4.47. The molecule has 1 aromatic heterocycles. The van der Waals surface area contributed by atoms with Crippen molar-refractivity contribution in [2.24, 2.45) is 5.73 Å². The van der Waals surface area contributed by atoms with Gasteiger partial charge in [-0.3, -0.25) is 4.79 Å². The molecule has 2 rings (SSSR count). The van der Waals surface area contributed by atoms with Crippen molar-refractivity contribution in [3.05, 3.63) is 21.4 Å². The molecule has 1 fully saturated rings. The minimum absolute atomic E-state index is 0.00191. The number of nitrogens with one attached hydrogen (secondary N) is 1. The SMILES string of the molecule is Cc1cc(C(=O)NC2(C)CCC2)sc1C#CCN. The summed E-state index contributed by atoms with van der Waals surface area (Å²) in [5.74, 6) is 5.85. The number of nitrogens with two attached hydrogens (primary N) is 1. The van der Waals surface area contributed by atoms with E-state index in [-0.39, 0.29) is 11.4 Å². The van der Waals surface area contributed by atoms with Crippen LogP contribution in [-0.2, 0) is 0 Å². The molecule has 1 aliphatic rings. The van der Waals surface area contributed by atoms with E-state index in [9.17, 15) is 4.79 Å². The molecule has 3 N–H and O–H groups in total. The van der Waals surface area contributed by atoms with Crippen LogP contribution in [0.25, 0.3) is 0 Å². The minimum Gasteiger partial charge on any atom is -0.346 e. The highest BCUT2D eigenvalue weighted by molar-refractivity contribution is 7.14. The van der Waals surface area contributed by atoms with Gasteiger partial charge in [-0.15, -0.1) is 11.3 Å². The lowest BCUT2D eigenvalue weighted by Gasteiger charge is -2.38. The molecular weight excluding hydrogens is 244 g/mol. The first kappa shape index (κ1) is 13.1. The Labute approximate surface area is 112 Å². The zero-order valence-electron chi connectivity index (χ0n) is 10.8. The first-order valence-electron chi connectivity index (χ1n) is 6.16. The predicted octanol–water partition coefficient (Wildman–Crippen LogP) is 2.04. The van der Waals surface area contributed by atoms with Crippen LogP contribution in [0.3, 0.4) is 0 Å². The summed E-state index contributed by atoms with van der Waals surface area (Å²) < 4.78 is 0. The lowest BCUT2D eigenvalue weighted by molar-refractivity contribution is 0.0854. The Morgan fingerprint density at radius 2 is 2.33 bits per heavy atom. The van der Waals surface area contributed by atoms with Crippen LogP contribution in [0.4, 0.5) is 0 Å². The Balaban J connectivity index is 2.11. The Morgan fingerprint density at radius 3 is 2.89 bits per heavy atom. The standard InChI is InChI=1S/C14H18N2OS/c1-10-9-12(18-11(10)5-3-8-15)13(17)16-14(2)6-4-7-14/h9H,4,6-8,15H2,1-2H3,(H,16,17). The van der Waals surface area contributed by atoms with E-state index in [1.165, 1.54) is 17.8 Å². The highest BCUT2D eigenvalue weighted by Gasteiger charge is 2.33. The molecule has 0 bridgehead atoms. The molecular formula is C14H18N2OS. The summed E-state index contributed by atoms with van der Waals surface area (Å²) in [6.07, 6.45) is 3.35. The largest absolute Gasteiger partial charge is 0.346 e. The number of amides is 1. The molecule has 18 heavy (non-hydrogen) atoms. The maximum atomic E-state index is 12.1. The van der Waals surface area contributed by atoms with E-state index in [1.54, 1.807) is 0 Å². The smallest absolute Gasteiger partial charge is 0.261 e. The highest BCUT2D eigenvalue weighted by Crippen LogP contribution is 2.32. The quantitative estimate of drug-likeness (QED) is 0.801. The Kier molecular flexibility index (Phi) is 3.74. The van der Waals surface area contributed by atoms with Gasteiger partial charge in [0.25, 0.3) is 5.91 Å². The van der Waals surface area contributed by atoms with Crippen molar-refractivity contribution in [3.8, 4) is 11.8 Å². The molecule has 1 saturated carbocycles. The molecule has 1 amide bonds. The van der Waals surface area contributed by atoms with Crippen LogP contribution >= 0.6 is 11.3 Å². The van der Waals surface area contributed by atoms with Gasteiger partial charge in [-0.1, -0.05) is 11.8 Å². The maximum absolute atomic E-state index is 12.1. The molecule has 0 atom stereocenters. The Bertz CT molecular complexity index is 518. The van der Waals surface area contributed by atoms with Crippen LogP contribution < -0.4 is 11.1 Å². The number of aryl methyl sites for hydroxylation is 1. The summed E-state index contributed by atoms with van der Waals surface area (Å²) in [6.45, 7) is 4.42. The minimum atomic E-state index is -0.00191. The topological polar surface area (TPSA) is 55.1 Å². The fraction of sp³-hybridized carbons (Fsp3) is 0.500. The van der Waals surface area contributed by atoms with Gasteiger partial charge in [0.2, 0.25) is 0 Å². The molecule has 1 heterocycles. The summed E-state index contributed by atoms with van der Waals surface area (Å²) in [4.78, 5) is 13.8. The number of carbonyl (C=O) groups is 1. The molecule has 1 aliphatic carbocycles. The average Bonchev–Trinajstić information content (AvgIpc) is 2.66. The Morgan fingerprint density at radius 1 is 1.61 bits per heavy atom. The van der Waals surface area contributed by atoms with Crippen molar-refractivity contribution in [2.45, 2.75) is 38.6 Å². The number of rotatable bonds is 2. The monoisotopic (exact) mass is 262 g/mol. The lowest BCUT2D eigenvalue weighted by Crippen LogP contribution is -2.50. The van der Waals surface area contributed by atoms with Crippen LogP contribution in [0.15, 0.2) is 6.07 Å². The van der Waals surface area contributed by atoms with Gasteiger partial charge in [0.1, 0.15) is 0 Å². The summed E-state index contributed by atoms with van der Waals surface area (Å²) >= 11 is 1.44. The fourth-order valence-electron chi connectivity index (χ4n) is 2.02. The van der Waals surface area contributed by atoms with Gasteiger partial charge < -0.3 is 11.1 Å². The third-order valence-electron chi connectivity index (χ3n) is 3.32. The molecule has 0 unspecified atom stereocenters. The van der Waals surface area contributed by atoms with Crippen LogP contribution in [-0.4, -0.2) is 18.0 Å². The van der Waals surface area contributed by atoms with Gasteiger partial charge in [-0.25, -0.2) is 0 Å². The van der Waals surface area contributed by atoms with E-state index in [0.717, 1.165) is 28.2 Å². The third kappa shape index (κ3) is 2.74. The molecule has 1 aromatic rings. The van der Waals surface area contributed by atoms with Crippen molar-refractivity contribution in [2.75, 3.05) is 6.54 Å². The van der Waals surface area contributed by atoms with E-state index in [1.807, 2.05) is 13.0 Å². The van der Waals surface area contributed by atoms with Gasteiger partial charge >= 0.3 is 0 Å². The van der Waals surface area contributed by atoms with E-state index in [2.05, 4.69) is 24.1 Å². The van der Waals surface area contributed by atoms with Gasteiger partial charge in [0.05, 0.1) is 16.3 Å². The van der Waals surface area contributed by atoms with Crippen LogP contribution in [0, 0.1) is 18.8 Å². The number of hydrogen-bond donors (Lipinski definition) is 2. The molecule has 3 nitrogen and oxygen atoms in total. The fourth-order valence-corrected chi connectivity index (χ4v) is 2.96. The van der Waals surface area contributed by atoms with Crippen molar-refractivity contribution in [1.29, 1.82) is 0 Å². The van der Waals surface area contributed by atoms with E-state index in [4.69, 9.17) is 5.73 Å². The molecule has 96 valence electrons. The van der Waals surface area contributed by atoms with Gasteiger partial charge in [-0.05, 0) is 44.7 Å². The Hall–Kier alpha value is -1.31. The van der Waals surface area contributed by atoms with Gasteiger partial charge in [-0.2, -0.15) is 0 Å². The molecule has 0 radical (unpaired) electrons. The zero-order valence-corrected chi connectivity index (χ0v) is 11.6. The first-order chi connectivity index (χ1) is 8.54. The highest BCUT2D eigenvalue weighted by atomic mass is 32.1. The van der Waals surface area contributed by atoms with Crippen LogP contribution in [0.5, 0.6) is 0 Å². The normalized spacial score (nSPS) is 16.4. The maximum Gasteiger partial charge on any atom is 0.261 e. The molecule has 0 aromatic carbocycles. The zero-order chi connectivity index (χ0) is 13.2. The summed E-state index contributed by atoms with van der Waals surface area (Å²) in [5, 5.41) is 3.10. The molecule has 4 heteroatoms. The second kappa shape index (κ2) is 5.13. The van der Waals surface area contributed by atoms with Crippen LogP contribution in [0.1, 0.15) is 46.3 Å². The van der Waals surface area contributed by atoms with Crippen LogP contribution in [0.2, 0.25) is 0 Å². The summed E-state index contributed by atoms with van der Waals surface area (Å²) in [5.41, 5.74) is 6.40. The van der Waals surface area contributed by atoms with Gasteiger partial charge in [0, 0.05) is 5.54 Å². The van der Waals surface area contributed by atoms with Crippen molar-refractivity contribution in [1.82, 2.24) is 5.32 Å². The first-order valence-corrected chi connectivity index (χ1v) is 6.98. The average molecular weight is 262 g/mol. The van der Waals surface area contributed by atoms with Gasteiger partial charge in [0.15, 0.2) is 0 Å².